The summed E-state index contributed by atoms with van der Waals surface area (Å²) in [6, 6.07) is 7.52. The van der Waals surface area contributed by atoms with E-state index in [1.165, 1.54) is 24.4 Å². The Morgan fingerprint density at radius 1 is 0.972 bits per heavy atom. The van der Waals surface area contributed by atoms with E-state index in [9.17, 15) is 10.1 Å². The zero-order chi connectivity index (χ0) is 24.9. The summed E-state index contributed by atoms with van der Waals surface area (Å²) in [7, 11) is 0. The maximum Gasteiger partial charge on any atom is 0.270 e. The highest BCUT2D eigenvalue weighted by atomic mass is 35.5. The van der Waals surface area contributed by atoms with Crippen molar-refractivity contribution in [1.29, 1.82) is 0 Å². The first kappa shape index (κ1) is 23.9. The summed E-state index contributed by atoms with van der Waals surface area (Å²) in [5.41, 5.74) is 3.19. The van der Waals surface area contributed by atoms with Gasteiger partial charge in [0.15, 0.2) is 0 Å². The number of furan rings is 1. The predicted octanol–water partition coefficient (Wildman–Crippen LogP) is 2.81. The highest BCUT2D eigenvalue weighted by molar-refractivity contribution is 6.33. The second-order valence-corrected chi connectivity index (χ2v) is 8.36. The molecule has 2 aliphatic heterocycles. The zero-order valence-corrected chi connectivity index (χ0v) is 19.9. The number of nitro benzene ring substituents is 1. The molecular formula is C22H23ClN8O5. The Balaban J connectivity index is 1.34. The highest BCUT2D eigenvalue weighted by Gasteiger charge is 2.21. The maximum absolute atomic E-state index is 11.1. The molecule has 3 aromatic rings. The number of anilines is 3. The van der Waals surface area contributed by atoms with Gasteiger partial charge in [-0.25, -0.2) is 5.43 Å². The summed E-state index contributed by atoms with van der Waals surface area (Å²) in [5.74, 6) is 2.18. The van der Waals surface area contributed by atoms with Crippen LogP contribution in [0, 0.1) is 10.1 Å². The van der Waals surface area contributed by atoms with Crippen LogP contribution in [0.15, 0.2) is 39.9 Å². The van der Waals surface area contributed by atoms with Gasteiger partial charge in [-0.2, -0.15) is 20.1 Å². The summed E-state index contributed by atoms with van der Waals surface area (Å²) in [4.78, 5) is 28.4. The SMILES string of the molecule is O=[N+]([O-])c1ccc(Cl)c(-c2ccc(/C=N/Nc3nc(N4CCOCC4)nc(N4CCOCC4)n3)o2)c1. The summed E-state index contributed by atoms with van der Waals surface area (Å²) >= 11 is 6.21. The van der Waals surface area contributed by atoms with Gasteiger partial charge in [-0.05, 0) is 18.2 Å². The molecule has 0 saturated carbocycles. The fourth-order valence-corrected chi connectivity index (χ4v) is 3.96. The van der Waals surface area contributed by atoms with Crippen LogP contribution < -0.4 is 15.2 Å². The quantitative estimate of drug-likeness (QED) is 0.282. The fraction of sp³-hybridized carbons (Fsp3) is 0.364. The summed E-state index contributed by atoms with van der Waals surface area (Å²) in [6.45, 7) is 5.16. The molecule has 0 unspecified atom stereocenters. The van der Waals surface area contributed by atoms with E-state index in [2.05, 4.69) is 25.5 Å². The fourth-order valence-electron chi connectivity index (χ4n) is 3.75. The molecule has 1 aromatic carbocycles. The van der Waals surface area contributed by atoms with Crippen molar-refractivity contribution in [1.82, 2.24) is 15.0 Å². The van der Waals surface area contributed by atoms with Gasteiger partial charge in [-0.3, -0.25) is 10.1 Å². The van der Waals surface area contributed by atoms with Crippen molar-refractivity contribution in [2.75, 3.05) is 67.8 Å². The van der Waals surface area contributed by atoms with E-state index in [1.807, 2.05) is 9.80 Å². The van der Waals surface area contributed by atoms with E-state index < -0.39 is 4.92 Å². The lowest BCUT2D eigenvalue weighted by Crippen LogP contribution is -2.40. The Morgan fingerprint density at radius 2 is 1.61 bits per heavy atom. The standard InChI is InChI=1S/C22H23ClN8O5/c23-18-3-1-15(31(32)33)13-17(18)19-4-2-16(36-19)14-24-28-20-25-21(29-5-9-34-10-6-29)27-22(26-20)30-7-11-35-12-8-30/h1-4,13-14H,5-12H2,(H,25,26,27,28)/b24-14+. The molecule has 2 saturated heterocycles. The molecule has 5 rings (SSSR count). The summed E-state index contributed by atoms with van der Waals surface area (Å²) in [5, 5.41) is 15.6. The minimum absolute atomic E-state index is 0.0790. The van der Waals surface area contributed by atoms with Gasteiger partial charge in [-0.15, -0.1) is 0 Å². The van der Waals surface area contributed by atoms with Gasteiger partial charge in [0, 0.05) is 43.9 Å². The van der Waals surface area contributed by atoms with Gasteiger partial charge in [-0.1, -0.05) is 11.6 Å². The van der Waals surface area contributed by atoms with Crippen molar-refractivity contribution in [3.05, 3.63) is 51.2 Å². The molecule has 0 aliphatic carbocycles. The molecule has 4 heterocycles. The average Bonchev–Trinajstić information content (AvgIpc) is 3.38. The van der Waals surface area contributed by atoms with Gasteiger partial charge >= 0.3 is 0 Å². The minimum atomic E-state index is -0.486. The molecule has 36 heavy (non-hydrogen) atoms. The van der Waals surface area contributed by atoms with Gasteiger partial charge < -0.3 is 23.7 Å². The number of aromatic nitrogens is 3. The molecule has 188 valence electrons. The number of rotatable bonds is 7. The van der Waals surface area contributed by atoms with Crippen molar-refractivity contribution >= 4 is 41.3 Å². The maximum atomic E-state index is 11.1. The molecule has 14 heteroatoms. The molecule has 0 bridgehead atoms. The van der Waals surface area contributed by atoms with Crippen molar-refractivity contribution < 1.29 is 18.8 Å². The number of hydrazone groups is 1. The Hall–Kier alpha value is -3.81. The van der Waals surface area contributed by atoms with Crippen LogP contribution in [0.25, 0.3) is 11.3 Å². The normalized spacial score (nSPS) is 16.5. The molecule has 0 atom stereocenters. The van der Waals surface area contributed by atoms with Crippen LogP contribution in [-0.4, -0.2) is 78.7 Å². The number of non-ortho nitro benzene ring substituents is 1. The molecule has 0 radical (unpaired) electrons. The van der Waals surface area contributed by atoms with E-state index in [4.69, 9.17) is 25.5 Å². The number of halogens is 1. The van der Waals surface area contributed by atoms with Crippen LogP contribution in [0.4, 0.5) is 23.5 Å². The highest BCUT2D eigenvalue weighted by Crippen LogP contribution is 2.32. The molecule has 2 aliphatic rings. The van der Waals surface area contributed by atoms with Crippen molar-refractivity contribution in [2.24, 2.45) is 5.10 Å². The van der Waals surface area contributed by atoms with Gasteiger partial charge in [0.25, 0.3) is 5.69 Å². The molecular weight excluding hydrogens is 492 g/mol. The predicted molar refractivity (Wildman–Crippen MR) is 133 cm³/mol. The lowest BCUT2D eigenvalue weighted by atomic mass is 10.1. The van der Waals surface area contributed by atoms with Crippen molar-refractivity contribution in [2.45, 2.75) is 0 Å². The number of nitro groups is 1. The third-order valence-electron chi connectivity index (χ3n) is 5.61. The van der Waals surface area contributed by atoms with E-state index in [1.54, 1.807) is 12.1 Å². The van der Waals surface area contributed by atoms with Crippen LogP contribution in [0.3, 0.4) is 0 Å². The Labute approximate surface area is 210 Å². The smallest absolute Gasteiger partial charge is 0.270 e. The lowest BCUT2D eigenvalue weighted by molar-refractivity contribution is -0.384. The third kappa shape index (κ3) is 5.53. The molecule has 0 amide bonds. The van der Waals surface area contributed by atoms with E-state index in [-0.39, 0.29) is 11.6 Å². The lowest BCUT2D eigenvalue weighted by Gasteiger charge is -2.30. The number of morpholine rings is 2. The van der Waals surface area contributed by atoms with Crippen LogP contribution in [0.1, 0.15) is 5.76 Å². The third-order valence-corrected chi connectivity index (χ3v) is 5.94. The topological polar surface area (TPSA) is 144 Å². The van der Waals surface area contributed by atoms with Gasteiger partial charge in [0.05, 0.1) is 42.6 Å². The Bertz CT molecular complexity index is 1220. The number of nitrogens with zero attached hydrogens (tertiary/aromatic N) is 7. The average molecular weight is 515 g/mol. The summed E-state index contributed by atoms with van der Waals surface area (Å²) < 4.78 is 16.6. The zero-order valence-electron chi connectivity index (χ0n) is 19.2. The first-order valence-electron chi connectivity index (χ1n) is 11.3. The van der Waals surface area contributed by atoms with Crippen LogP contribution >= 0.6 is 11.6 Å². The first-order valence-corrected chi connectivity index (χ1v) is 11.7. The van der Waals surface area contributed by atoms with Crippen molar-refractivity contribution in [3.63, 3.8) is 0 Å². The van der Waals surface area contributed by atoms with Crippen LogP contribution in [0.2, 0.25) is 5.02 Å². The van der Waals surface area contributed by atoms with Crippen LogP contribution in [-0.2, 0) is 9.47 Å². The number of nitrogens with one attached hydrogen (secondary N) is 1. The summed E-state index contributed by atoms with van der Waals surface area (Å²) in [6.07, 6.45) is 1.46. The van der Waals surface area contributed by atoms with E-state index >= 15 is 0 Å². The van der Waals surface area contributed by atoms with E-state index in [0.717, 1.165) is 0 Å². The molecule has 13 nitrogen and oxygen atoms in total. The van der Waals surface area contributed by atoms with Gasteiger partial charge in [0.1, 0.15) is 11.5 Å². The molecule has 2 aromatic heterocycles. The molecule has 1 N–H and O–H groups in total. The minimum Gasteiger partial charge on any atom is -0.455 e. The molecule has 0 spiro atoms. The largest absolute Gasteiger partial charge is 0.455 e. The molecule has 2 fully saturated rings. The number of benzene rings is 1. The second-order valence-electron chi connectivity index (χ2n) is 7.95. The first-order chi connectivity index (χ1) is 17.6. The van der Waals surface area contributed by atoms with Crippen molar-refractivity contribution in [3.8, 4) is 11.3 Å². The van der Waals surface area contributed by atoms with E-state index in [0.29, 0.717) is 86.6 Å². The number of hydrogen-bond acceptors (Lipinski definition) is 12. The Morgan fingerprint density at radius 3 is 2.22 bits per heavy atom. The second kappa shape index (κ2) is 10.8. The van der Waals surface area contributed by atoms with Gasteiger partial charge in [0.2, 0.25) is 17.8 Å². The monoisotopic (exact) mass is 514 g/mol. The number of hydrogen-bond donors (Lipinski definition) is 1. The number of ether oxygens (including phenoxy) is 2. The Kier molecular flexibility index (Phi) is 7.21. The van der Waals surface area contributed by atoms with Crippen LogP contribution in [0.5, 0.6) is 0 Å².